The Labute approximate surface area is 72.6 Å². The summed E-state index contributed by atoms with van der Waals surface area (Å²) in [4.78, 5) is 0. The standard InChI is InChI=1S/C4H3F3N2OS2/c1-11-3-9-8-2(12(3)10)4(5,6)7/h1H3. The summed E-state index contributed by atoms with van der Waals surface area (Å²) in [5.41, 5.74) is 0. The Balaban J connectivity index is 2.86. The van der Waals surface area contributed by atoms with E-state index in [9.17, 15) is 17.4 Å². The molecule has 0 N–H and O–H groups in total. The molecule has 0 fully saturated rings. The minimum absolute atomic E-state index is 0.109. The molecule has 1 aliphatic heterocycles. The van der Waals surface area contributed by atoms with Crippen LogP contribution < -0.4 is 0 Å². The van der Waals surface area contributed by atoms with Crippen molar-refractivity contribution in [1.29, 1.82) is 0 Å². The van der Waals surface area contributed by atoms with Crippen molar-refractivity contribution in [3.8, 4) is 0 Å². The van der Waals surface area contributed by atoms with Crippen molar-refractivity contribution in [2.24, 2.45) is 10.2 Å². The lowest BCUT2D eigenvalue weighted by atomic mass is 10.7. The zero-order valence-electron chi connectivity index (χ0n) is 5.75. The largest absolute Gasteiger partial charge is 0.444 e. The minimum atomic E-state index is -4.65. The predicted octanol–water partition coefficient (Wildman–Crippen LogP) is 1.34. The molecule has 1 atom stereocenters. The Morgan fingerprint density at radius 2 is 2.00 bits per heavy atom. The average Bonchev–Trinajstić information content (AvgIpc) is 2.29. The van der Waals surface area contributed by atoms with Crippen LogP contribution in [0.5, 0.6) is 0 Å². The van der Waals surface area contributed by atoms with Crippen molar-refractivity contribution in [2.75, 3.05) is 6.26 Å². The zero-order chi connectivity index (χ0) is 9.35. The van der Waals surface area contributed by atoms with Crippen LogP contribution in [-0.4, -0.2) is 26.1 Å². The Morgan fingerprint density at radius 1 is 1.42 bits per heavy atom. The summed E-state index contributed by atoms with van der Waals surface area (Å²) in [6, 6.07) is 0. The maximum atomic E-state index is 11.9. The molecule has 3 nitrogen and oxygen atoms in total. The minimum Gasteiger partial charge on any atom is -0.245 e. The first-order valence-electron chi connectivity index (χ1n) is 2.65. The number of nitrogens with zero attached hydrogens (tertiary/aromatic N) is 2. The van der Waals surface area contributed by atoms with Gasteiger partial charge in [0.25, 0.3) is 0 Å². The summed E-state index contributed by atoms with van der Waals surface area (Å²) in [6.07, 6.45) is -3.16. The highest BCUT2D eigenvalue weighted by Crippen LogP contribution is 2.25. The van der Waals surface area contributed by atoms with Gasteiger partial charge in [0.1, 0.15) is 10.8 Å². The number of hydrogen-bond acceptors (Lipinski definition) is 4. The van der Waals surface area contributed by atoms with E-state index in [2.05, 4.69) is 10.2 Å². The zero-order valence-corrected chi connectivity index (χ0v) is 7.39. The normalized spacial score (nSPS) is 23.8. The van der Waals surface area contributed by atoms with Gasteiger partial charge in [0.15, 0.2) is 4.38 Å². The summed E-state index contributed by atoms with van der Waals surface area (Å²) in [5.74, 6) is 0. The number of hydrogen-bond donors (Lipinski definition) is 0. The van der Waals surface area contributed by atoms with Crippen LogP contribution in [0.2, 0.25) is 0 Å². The molecule has 8 heteroatoms. The van der Waals surface area contributed by atoms with Crippen LogP contribution in [0.15, 0.2) is 10.2 Å². The van der Waals surface area contributed by atoms with Gasteiger partial charge in [-0.1, -0.05) is 11.8 Å². The molecular formula is C4H3F3N2OS2. The molecular weight excluding hydrogens is 213 g/mol. The van der Waals surface area contributed by atoms with Crippen molar-refractivity contribution in [1.82, 2.24) is 0 Å². The molecule has 1 rings (SSSR count). The van der Waals surface area contributed by atoms with E-state index < -0.39 is 22.0 Å². The van der Waals surface area contributed by atoms with E-state index in [4.69, 9.17) is 0 Å². The Bertz CT molecular complexity index is 283. The highest BCUT2D eigenvalue weighted by Gasteiger charge is 2.44. The van der Waals surface area contributed by atoms with Crippen LogP contribution >= 0.6 is 11.8 Å². The number of halogens is 3. The third kappa shape index (κ3) is 1.69. The monoisotopic (exact) mass is 216 g/mol. The van der Waals surface area contributed by atoms with E-state index in [0.29, 0.717) is 0 Å². The first-order chi connectivity index (χ1) is 5.46. The third-order valence-electron chi connectivity index (χ3n) is 0.974. The molecule has 0 radical (unpaired) electrons. The van der Waals surface area contributed by atoms with Gasteiger partial charge in [-0.3, -0.25) is 0 Å². The van der Waals surface area contributed by atoms with E-state index in [-0.39, 0.29) is 4.38 Å². The molecule has 0 aromatic carbocycles. The van der Waals surface area contributed by atoms with E-state index in [1.807, 2.05) is 0 Å². The molecule has 0 aromatic rings. The molecule has 0 aromatic heterocycles. The van der Waals surface area contributed by atoms with E-state index in [0.717, 1.165) is 11.8 Å². The highest BCUT2D eigenvalue weighted by atomic mass is 32.2. The van der Waals surface area contributed by atoms with Gasteiger partial charge in [-0.2, -0.15) is 13.2 Å². The van der Waals surface area contributed by atoms with Crippen molar-refractivity contribution in [3.63, 3.8) is 0 Å². The highest BCUT2D eigenvalue weighted by molar-refractivity contribution is 8.38. The fraction of sp³-hybridized carbons (Fsp3) is 0.500. The van der Waals surface area contributed by atoms with Crippen molar-refractivity contribution in [3.05, 3.63) is 0 Å². The van der Waals surface area contributed by atoms with Gasteiger partial charge in [-0.15, -0.1) is 10.2 Å². The SMILES string of the molecule is CSC1=NN=C(C(F)(F)F)S1=O. The molecule has 0 spiro atoms. The predicted molar refractivity (Wildman–Crippen MR) is 42.6 cm³/mol. The third-order valence-corrected chi connectivity index (χ3v) is 3.42. The summed E-state index contributed by atoms with van der Waals surface area (Å²) in [7, 11) is -2.23. The van der Waals surface area contributed by atoms with E-state index in [1.165, 1.54) is 6.26 Å². The first kappa shape index (κ1) is 9.72. The maximum absolute atomic E-state index is 11.9. The fourth-order valence-corrected chi connectivity index (χ4v) is 2.09. The van der Waals surface area contributed by atoms with Crippen LogP contribution in [0.4, 0.5) is 13.2 Å². The van der Waals surface area contributed by atoms with Crippen molar-refractivity contribution >= 4 is 32.0 Å². The van der Waals surface area contributed by atoms with Gasteiger partial charge in [-0.05, 0) is 6.26 Å². The summed E-state index contributed by atoms with van der Waals surface area (Å²) >= 11 is 0.896. The molecule has 1 unspecified atom stereocenters. The van der Waals surface area contributed by atoms with Crippen LogP contribution in [0.25, 0.3) is 0 Å². The van der Waals surface area contributed by atoms with Gasteiger partial charge < -0.3 is 0 Å². The molecule has 0 amide bonds. The second kappa shape index (κ2) is 3.17. The smallest absolute Gasteiger partial charge is 0.245 e. The second-order valence-corrected chi connectivity index (χ2v) is 4.11. The molecule has 12 heavy (non-hydrogen) atoms. The fourth-order valence-electron chi connectivity index (χ4n) is 0.521. The number of rotatable bonds is 0. The lowest BCUT2D eigenvalue weighted by Crippen LogP contribution is -2.27. The van der Waals surface area contributed by atoms with Gasteiger partial charge >= 0.3 is 6.18 Å². The van der Waals surface area contributed by atoms with Gasteiger partial charge in [0.05, 0.1) is 0 Å². The molecule has 68 valence electrons. The van der Waals surface area contributed by atoms with Crippen molar-refractivity contribution < 1.29 is 17.4 Å². The molecule has 1 aliphatic rings. The maximum Gasteiger partial charge on any atom is 0.444 e. The van der Waals surface area contributed by atoms with Crippen LogP contribution in [-0.2, 0) is 10.8 Å². The number of alkyl halides is 3. The van der Waals surface area contributed by atoms with Crippen LogP contribution in [0.3, 0.4) is 0 Å². The Hall–Kier alpha value is -0.370. The molecule has 0 saturated heterocycles. The number of thioether (sulfide) groups is 1. The van der Waals surface area contributed by atoms with Crippen molar-refractivity contribution in [2.45, 2.75) is 6.18 Å². The van der Waals surface area contributed by atoms with Gasteiger partial charge in [-0.25, -0.2) is 4.21 Å². The van der Waals surface area contributed by atoms with Crippen LogP contribution in [0.1, 0.15) is 0 Å². The Morgan fingerprint density at radius 3 is 2.25 bits per heavy atom. The Kier molecular flexibility index (Phi) is 2.57. The molecule has 0 aliphatic carbocycles. The van der Waals surface area contributed by atoms with Crippen LogP contribution in [0, 0.1) is 0 Å². The quantitative estimate of drug-likeness (QED) is 0.613. The summed E-state index contributed by atoms with van der Waals surface area (Å²) in [6.45, 7) is 0. The van der Waals surface area contributed by atoms with Gasteiger partial charge in [0.2, 0.25) is 5.04 Å². The lowest BCUT2D eigenvalue weighted by molar-refractivity contribution is -0.0556. The molecule has 0 saturated carbocycles. The second-order valence-electron chi connectivity index (χ2n) is 1.74. The molecule has 1 heterocycles. The average molecular weight is 216 g/mol. The lowest BCUT2D eigenvalue weighted by Gasteiger charge is -2.02. The van der Waals surface area contributed by atoms with Gasteiger partial charge in [0, 0.05) is 0 Å². The first-order valence-corrected chi connectivity index (χ1v) is 5.03. The van der Waals surface area contributed by atoms with E-state index >= 15 is 0 Å². The topological polar surface area (TPSA) is 41.8 Å². The summed E-state index contributed by atoms with van der Waals surface area (Å²) in [5, 5.41) is 4.60. The summed E-state index contributed by atoms with van der Waals surface area (Å²) < 4.78 is 46.5. The molecule has 0 bridgehead atoms. The van der Waals surface area contributed by atoms with E-state index in [1.54, 1.807) is 0 Å².